The average Bonchev–Trinajstić information content (AvgIpc) is 3.04. The molecule has 112 valence electrons. The molecular formula is C14H16N2O4S. The molecule has 0 aliphatic heterocycles. The van der Waals surface area contributed by atoms with Gasteiger partial charge in [-0.25, -0.2) is 4.79 Å². The summed E-state index contributed by atoms with van der Waals surface area (Å²) in [5.41, 5.74) is 0.840. The van der Waals surface area contributed by atoms with Gasteiger partial charge in [0.1, 0.15) is 10.6 Å². The molecule has 0 aliphatic rings. The van der Waals surface area contributed by atoms with E-state index >= 15 is 0 Å². The van der Waals surface area contributed by atoms with Crippen molar-refractivity contribution in [3.05, 3.63) is 33.7 Å². The number of hydrogen-bond donors (Lipinski definition) is 1. The quantitative estimate of drug-likeness (QED) is 0.859. The fraction of sp³-hybridized carbons (Fsp3) is 0.357. The van der Waals surface area contributed by atoms with E-state index in [4.69, 9.17) is 9.26 Å². The number of carbonyl (C=O) groups excluding carboxylic acids is 2. The minimum absolute atomic E-state index is 0.305. The molecule has 6 nitrogen and oxygen atoms in total. The van der Waals surface area contributed by atoms with Crippen LogP contribution in [-0.2, 0) is 9.53 Å². The molecule has 2 rings (SSSR count). The second kappa shape index (κ2) is 6.53. The zero-order valence-electron chi connectivity index (χ0n) is 12.0. The van der Waals surface area contributed by atoms with Crippen LogP contribution in [0.25, 0.3) is 0 Å². The summed E-state index contributed by atoms with van der Waals surface area (Å²) in [5.74, 6) is -0.0157. The lowest BCUT2D eigenvalue weighted by Gasteiger charge is -2.14. The Hall–Kier alpha value is -2.15. The van der Waals surface area contributed by atoms with Crippen molar-refractivity contribution in [2.75, 3.05) is 5.32 Å². The third-order valence-corrected chi connectivity index (χ3v) is 3.84. The number of aromatic nitrogens is 1. The molecule has 0 saturated heterocycles. The van der Waals surface area contributed by atoms with Crippen molar-refractivity contribution in [1.82, 2.24) is 5.16 Å². The smallest absolute Gasteiger partial charge is 0.349 e. The van der Waals surface area contributed by atoms with Crippen molar-refractivity contribution in [3.8, 4) is 0 Å². The van der Waals surface area contributed by atoms with Crippen LogP contribution in [0.5, 0.6) is 0 Å². The van der Waals surface area contributed by atoms with E-state index in [0.717, 1.165) is 5.56 Å². The lowest BCUT2D eigenvalue weighted by molar-refractivity contribution is -0.124. The number of nitrogens with one attached hydrogen (secondary N) is 1. The van der Waals surface area contributed by atoms with Crippen molar-refractivity contribution < 1.29 is 18.8 Å². The number of amides is 1. The zero-order chi connectivity index (χ0) is 15.4. The second-order valence-corrected chi connectivity index (χ2v) is 5.46. The van der Waals surface area contributed by atoms with Crippen molar-refractivity contribution in [2.45, 2.75) is 33.3 Å². The van der Waals surface area contributed by atoms with Crippen LogP contribution in [-0.4, -0.2) is 23.1 Å². The van der Waals surface area contributed by atoms with E-state index in [1.54, 1.807) is 19.9 Å². The Bertz CT molecular complexity index is 647. The summed E-state index contributed by atoms with van der Waals surface area (Å²) in [6.45, 7) is 5.32. The third-order valence-electron chi connectivity index (χ3n) is 2.84. The average molecular weight is 308 g/mol. The molecule has 0 aliphatic carbocycles. The molecule has 0 saturated carbocycles. The number of thiophene rings is 1. The number of nitrogens with zero attached hydrogens (tertiary/aromatic N) is 1. The number of anilines is 1. The van der Waals surface area contributed by atoms with E-state index in [0.29, 0.717) is 22.9 Å². The molecule has 0 spiro atoms. The standard InChI is InChI=1S/C14H16N2O4S/c1-4-10(13(17)15-11-7-9(3)20-16-11)19-14(18)12-8(2)5-6-21-12/h5-7,10H,4H2,1-3H3,(H,15,16,17)/t10-/m0/s1. The number of aryl methyl sites for hydroxylation is 2. The highest BCUT2D eigenvalue weighted by atomic mass is 32.1. The summed E-state index contributed by atoms with van der Waals surface area (Å²) in [5, 5.41) is 8.04. The van der Waals surface area contributed by atoms with Gasteiger partial charge in [-0.3, -0.25) is 4.79 Å². The number of hydrogen-bond acceptors (Lipinski definition) is 6. The molecular weight excluding hydrogens is 292 g/mol. The summed E-state index contributed by atoms with van der Waals surface area (Å²) in [4.78, 5) is 24.6. The van der Waals surface area contributed by atoms with Gasteiger partial charge in [0, 0.05) is 6.07 Å². The molecule has 21 heavy (non-hydrogen) atoms. The number of carbonyl (C=O) groups is 2. The van der Waals surface area contributed by atoms with Crippen molar-refractivity contribution in [3.63, 3.8) is 0 Å². The van der Waals surface area contributed by atoms with Gasteiger partial charge >= 0.3 is 5.97 Å². The summed E-state index contributed by atoms with van der Waals surface area (Å²) in [6, 6.07) is 3.43. The Balaban J connectivity index is 2.00. The largest absolute Gasteiger partial charge is 0.448 e. The Morgan fingerprint density at radius 2 is 2.24 bits per heavy atom. The molecule has 0 unspecified atom stereocenters. The number of rotatable bonds is 5. The Kier molecular flexibility index (Phi) is 4.74. The summed E-state index contributed by atoms with van der Waals surface area (Å²) >= 11 is 1.30. The van der Waals surface area contributed by atoms with Crippen LogP contribution in [0.3, 0.4) is 0 Å². The van der Waals surface area contributed by atoms with Crippen molar-refractivity contribution >= 4 is 29.0 Å². The second-order valence-electron chi connectivity index (χ2n) is 4.55. The summed E-state index contributed by atoms with van der Waals surface area (Å²) < 4.78 is 10.1. The van der Waals surface area contributed by atoms with Crippen LogP contribution in [0.4, 0.5) is 5.82 Å². The van der Waals surface area contributed by atoms with E-state index in [9.17, 15) is 9.59 Å². The maximum atomic E-state index is 12.1. The SMILES string of the molecule is CC[C@H](OC(=O)c1sccc1C)C(=O)Nc1cc(C)on1. The summed E-state index contributed by atoms with van der Waals surface area (Å²) in [7, 11) is 0. The van der Waals surface area contributed by atoms with Crippen molar-refractivity contribution in [2.24, 2.45) is 0 Å². The predicted octanol–water partition coefficient (Wildman–Crippen LogP) is 2.93. The molecule has 2 aromatic rings. The maximum Gasteiger partial charge on any atom is 0.349 e. The fourth-order valence-electron chi connectivity index (χ4n) is 1.72. The van der Waals surface area contributed by atoms with Crippen LogP contribution in [0.1, 0.15) is 34.3 Å². The molecule has 0 aromatic carbocycles. The van der Waals surface area contributed by atoms with E-state index in [1.165, 1.54) is 11.3 Å². The molecule has 0 bridgehead atoms. The van der Waals surface area contributed by atoms with E-state index in [1.807, 2.05) is 18.4 Å². The van der Waals surface area contributed by atoms with E-state index in [-0.39, 0.29) is 0 Å². The molecule has 0 radical (unpaired) electrons. The van der Waals surface area contributed by atoms with Crippen molar-refractivity contribution in [1.29, 1.82) is 0 Å². The molecule has 2 heterocycles. The monoisotopic (exact) mass is 308 g/mol. The first-order valence-corrected chi connectivity index (χ1v) is 7.38. The molecule has 1 amide bonds. The minimum Gasteiger partial charge on any atom is -0.448 e. The molecule has 2 aromatic heterocycles. The van der Waals surface area contributed by atoms with Gasteiger partial charge in [0.25, 0.3) is 5.91 Å². The number of ether oxygens (including phenoxy) is 1. The highest BCUT2D eigenvalue weighted by molar-refractivity contribution is 7.12. The lowest BCUT2D eigenvalue weighted by atomic mass is 10.2. The van der Waals surface area contributed by atoms with Crippen LogP contribution >= 0.6 is 11.3 Å². The summed E-state index contributed by atoms with van der Waals surface area (Å²) in [6.07, 6.45) is -0.491. The first kappa shape index (κ1) is 15.2. The molecule has 7 heteroatoms. The molecule has 1 atom stereocenters. The van der Waals surface area contributed by atoms with Gasteiger partial charge in [0.2, 0.25) is 0 Å². The van der Waals surface area contributed by atoms with Gasteiger partial charge in [0.05, 0.1) is 0 Å². The third kappa shape index (κ3) is 3.69. The van der Waals surface area contributed by atoms with Crippen LogP contribution < -0.4 is 5.32 Å². The van der Waals surface area contributed by atoms with Crippen LogP contribution in [0, 0.1) is 13.8 Å². The minimum atomic E-state index is -0.865. The zero-order valence-corrected chi connectivity index (χ0v) is 12.8. The van der Waals surface area contributed by atoms with Gasteiger partial charge in [-0.2, -0.15) is 0 Å². The van der Waals surface area contributed by atoms with Gasteiger partial charge in [-0.1, -0.05) is 12.1 Å². The predicted molar refractivity (Wildman–Crippen MR) is 78.4 cm³/mol. The first-order chi connectivity index (χ1) is 10.0. The number of esters is 1. The van der Waals surface area contributed by atoms with E-state index < -0.39 is 18.0 Å². The van der Waals surface area contributed by atoms with Gasteiger partial charge in [-0.05, 0) is 37.3 Å². The Morgan fingerprint density at radius 1 is 1.48 bits per heavy atom. The van der Waals surface area contributed by atoms with Crippen LogP contribution in [0.2, 0.25) is 0 Å². The topological polar surface area (TPSA) is 81.4 Å². The lowest BCUT2D eigenvalue weighted by Crippen LogP contribution is -2.32. The van der Waals surface area contributed by atoms with Gasteiger partial charge < -0.3 is 14.6 Å². The van der Waals surface area contributed by atoms with Crippen LogP contribution in [0.15, 0.2) is 22.0 Å². The molecule has 1 N–H and O–H groups in total. The van der Waals surface area contributed by atoms with E-state index in [2.05, 4.69) is 10.5 Å². The molecule has 0 fully saturated rings. The normalized spacial score (nSPS) is 12.0. The first-order valence-electron chi connectivity index (χ1n) is 6.50. The highest BCUT2D eigenvalue weighted by Crippen LogP contribution is 2.18. The van der Waals surface area contributed by atoms with Gasteiger partial charge in [0.15, 0.2) is 11.9 Å². The Labute approximate surface area is 126 Å². The fourth-order valence-corrected chi connectivity index (χ4v) is 2.53. The Morgan fingerprint density at radius 3 is 2.76 bits per heavy atom. The maximum absolute atomic E-state index is 12.1. The highest BCUT2D eigenvalue weighted by Gasteiger charge is 2.24. The van der Waals surface area contributed by atoms with Gasteiger partial charge in [-0.15, -0.1) is 11.3 Å².